The van der Waals surface area contributed by atoms with E-state index in [0.29, 0.717) is 34.8 Å². The van der Waals surface area contributed by atoms with Gasteiger partial charge in [0.25, 0.3) is 5.91 Å². The summed E-state index contributed by atoms with van der Waals surface area (Å²) in [5, 5.41) is 3.46. The van der Waals surface area contributed by atoms with E-state index >= 15 is 0 Å². The number of ether oxygens (including phenoxy) is 2. The lowest BCUT2D eigenvalue weighted by molar-refractivity contribution is -0.128. The molecule has 8 nitrogen and oxygen atoms in total. The molecule has 37 heavy (non-hydrogen) atoms. The van der Waals surface area contributed by atoms with Crippen LogP contribution in [-0.4, -0.2) is 40.6 Å². The fraction of sp³-hybridized carbons (Fsp3) is 0.214. The molecule has 3 aromatic carbocycles. The SMILES string of the molecule is Cc1ccc(CSC2=Nc3ccccc3C3=N[C@H](CC(=O)NCc4ccc5c(c4)OCO5)C(=O)N23)cc1. The molecule has 2 amide bonds. The molecule has 3 heterocycles. The van der Waals surface area contributed by atoms with Crippen LogP contribution in [0, 0.1) is 6.92 Å². The van der Waals surface area contributed by atoms with E-state index in [0.717, 1.165) is 22.4 Å². The lowest BCUT2D eigenvalue weighted by Crippen LogP contribution is -2.42. The largest absolute Gasteiger partial charge is 0.454 e. The summed E-state index contributed by atoms with van der Waals surface area (Å²) in [6, 6.07) is 20.7. The van der Waals surface area contributed by atoms with E-state index in [-0.39, 0.29) is 25.0 Å². The maximum absolute atomic E-state index is 13.5. The number of rotatable bonds is 6. The molecule has 0 saturated carbocycles. The van der Waals surface area contributed by atoms with E-state index in [1.807, 2.05) is 42.5 Å². The van der Waals surface area contributed by atoms with E-state index in [1.165, 1.54) is 17.3 Å². The first kappa shape index (κ1) is 23.3. The third-order valence-corrected chi connectivity index (χ3v) is 7.35. The van der Waals surface area contributed by atoms with Gasteiger partial charge >= 0.3 is 0 Å². The van der Waals surface area contributed by atoms with Crippen LogP contribution in [-0.2, 0) is 21.9 Å². The second kappa shape index (κ2) is 9.74. The van der Waals surface area contributed by atoms with Gasteiger partial charge in [-0.3, -0.25) is 14.6 Å². The summed E-state index contributed by atoms with van der Waals surface area (Å²) in [4.78, 5) is 37.3. The third kappa shape index (κ3) is 4.70. The smallest absolute Gasteiger partial charge is 0.259 e. The number of aryl methyl sites for hydroxylation is 1. The molecule has 3 aliphatic heterocycles. The highest BCUT2D eigenvalue weighted by Gasteiger charge is 2.42. The highest BCUT2D eigenvalue weighted by Crippen LogP contribution is 2.35. The summed E-state index contributed by atoms with van der Waals surface area (Å²) in [5.74, 6) is 2.08. The number of amidine groups is 2. The molecule has 0 saturated heterocycles. The Hall–Kier alpha value is -4.11. The van der Waals surface area contributed by atoms with Crippen molar-refractivity contribution < 1.29 is 19.1 Å². The molecule has 0 unspecified atom stereocenters. The van der Waals surface area contributed by atoms with E-state index in [2.05, 4.69) is 36.5 Å². The average Bonchev–Trinajstić information content (AvgIpc) is 3.51. The van der Waals surface area contributed by atoms with Crippen LogP contribution in [0.5, 0.6) is 11.5 Å². The Morgan fingerprint density at radius 3 is 2.70 bits per heavy atom. The molecule has 0 spiro atoms. The number of thioether (sulfide) groups is 1. The van der Waals surface area contributed by atoms with Crippen molar-refractivity contribution in [3.63, 3.8) is 0 Å². The van der Waals surface area contributed by atoms with Crippen molar-refractivity contribution in [1.82, 2.24) is 10.2 Å². The number of nitrogens with one attached hydrogen (secondary N) is 1. The second-order valence-electron chi connectivity index (χ2n) is 9.00. The number of para-hydroxylation sites is 1. The monoisotopic (exact) mass is 512 g/mol. The normalized spacial score (nSPS) is 17.2. The van der Waals surface area contributed by atoms with Crippen molar-refractivity contribution in [2.75, 3.05) is 6.79 Å². The van der Waals surface area contributed by atoms with Gasteiger partial charge in [0.2, 0.25) is 12.7 Å². The average molecular weight is 513 g/mol. The molecule has 0 fully saturated rings. The van der Waals surface area contributed by atoms with Crippen LogP contribution in [0.3, 0.4) is 0 Å². The minimum absolute atomic E-state index is 0.0402. The number of benzene rings is 3. The number of carbonyl (C=O) groups excluding carboxylic acids is 2. The maximum Gasteiger partial charge on any atom is 0.259 e. The van der Waals surface area contributed by atoms with Gasteiger partial charge < -0.3 is 14.8 Å². The van der Waals surface area contributed by atoms with Gasteiger partial charge in [-0.1, -0.05) is 59.8 Å². The summed E-state index contributed by atoms with van der Waals surface area (Å²) in [7, 11) is 0. The highest BCUT2D eigenvalue weighted by molar-refractivity contribution is 8.13. The molecular weight excluding hydrogens is 488 g/mol. The molecular formula is C28H24N4O4S. The number of nitrogens with zero attached hydrogens (tertiary/aromatic N) is 3. The Labute approximate surface area is 218 Å². The second-order valence-corrected chi connectivity index (χ2v) is 9.94. The minimum atomic E-state index is -0.803. The Morgan fingerprint density at radius 1 is 1.05 bits per heavy atom. The molecule has 1 N–H and O–H groups in total. The van der Waals surface area contributed by atoms with E-state index in [4.69, 9.17) is 19.5 Å². The molecule has 186 valence electrons. The van der Waals surface area contributed by atoms with Crippen LogP contribution in [0.4, 0.5) is 5.69 Å². The van der Waals surface area contributed by atoms with E-state index in [1.54, 1.807) is 4.90 Å². The van der Waals surface area contributed by atoms with E-state index in [9.17, 15) is 9.59 Å². The van der Waals surface area contributed by atoms with E-state index < -0.39 is 6.04 Å². The van der Waals surface area contributed by atoms with Gasteiger partial charge in [0.15, 0.2) is 16.7 Å². The fourth-order valence-corrected chi connectivity index (χ4v) is 5.32. The van der Waals surface area contributed by atoms with Gasteiger partial charge in [0.05, 0.1) is 12.1 Å². The zero-order valence-electron chi connectivity index (χ0n) is 20.1. The summed E-state index contributed by atoms with van der Waals surface area (Å²) in [5.41, 5.74) is 4.78. The van der Waals surface area contributed by atoms with Crippen molar-refractivity contribution in [3.8, 4) is 11.5 Å². The van der Waals surface area contributed by atoms with Crippen LogP contribution in [0.25, 0.3) is 0 Å². The molecule has 0 radical (unpaired) electrons. The van der Waals surface area contributed by atoms with Gasteiger partial charge in [0, 0.05) is 17.9 Å². The van der Waals surface area contributed by atoms with Crippen LogP contribution >= 0.6 is 11.8 Å². The zero-order chi connectivity index (χ0) is 25.4. The molecule has 0 aromatic heterocycles. The lowest BCUT2D eigenvalue weighted by atomic mass is 10.1. The molecule has 6 rings (SSSR count). The molecule has 0 bridgehead atoms. The first-order chi connectivity index (χ1) is 18.0. The Balaban J connectivity index is 1.16. The molecule has 0 aliphatic carbocycles. The molecule has 3 aromatic rings. The number of hydrogen-bond acceptors (Lipinski definition) is 7. The first-order valence-electron chi connectivity index (χ1n) is 12.0. The van der Waals surface area contributed by atoms with Gasteiger partial charge in [-0.05, 0) is 42.3 Å². The third-order valence-electron chi connectivity index (χ3n) is 6.34. The predicted octanol–water partition coefficient (Wildman–Crippen LogP) is 4.32. The number of amides is 2. The van der Waals surface area contributed by atoms with Crippen LogP contribution < -0.4 is 14.8 Å². The number of aliphatic imine (C=N–C) groups is 2. The number of hydrogen-bond donors (Lipinski definition) is 1. The van der Waals surface area contributed by atoms with Crippen molar-refractivity contribution >= 4 is 40.3 Å². The summed E-state index contributed by atoms with van der Waals surface area (Å²) >= 11 is 1.49. The zero-order valence-corrected chi connectivity index (χ0v) is 21.0. The van der Waals surface area contributed by atoms with Crippen LogP contribution in [0.2, 0.25) is 0 Å². The van der Waals surface area contributed by atoms with Gasteiger partial charge in [-0.15, -0.1) is 0 Å². The van der Waals surface area contributed by atoms with Crippen molar-refractivity contribution in [3.05, 3.63) is 89.0 Å². The topological polar surface area (TPSA) is 92.6 Å². The number of fused-ring (bicyclic) bond motifs is 4. The van der Waals surface area contributed by atoms with Gasteiger partial charge in [-0.2, -0.15) is 0 Å². The summed E-state index contributed by atoms with van der Waals surface area (Å²) < 4.78 is 10.7. The van der Waals surface area contributed by atoms with Gasteiger partial charge in [-0.25, -0.2) is 9.89 Å². The quantitative estimate of drug-likeness (QED) is 0.531. The Kier molecular flexibility index (Phi) is 6.13. The molecule has 9 heteroatoms. The lowest BCUT2D eigenvalue weighted by Gasteiger charge is -2.25. The minimum Gasteiger partial charge on any atom is -0.454 e. The van der Waals surface area contributed by atoms with Crippen molar-refractivity contribution in [2.45, 2.75) is 31.7 Å². The summed E-state index contributed by atoms with van der Waals surface area (Å²) in [6.45, 7) is 2.57. The Bertz CT molecular complexity index is 1450. The predicted molar refractivity (Wildman–Crippen MR) is 142 cm³/mol. The maximum atomic E-state index is 13.5. The standard InChI is InChI=1S/C28H24N4O4S/c1-17-6-8-18(9-7-17)15-37-28-31-21-5-3-2-4-20(21)26-30-22(27(34)32(26)28)13-25(33)29-14-19-10-11-23-24(12-19)36-16-35-23/h2-12,22H,13-16H2,1H3,(H,29,33)/t22-/m1/s1. The Morgan fingerprint density at radius 2 is 1.84 bits per heavy atom. The van der Waals surface area contributed by atoms with Crippen molar-refractivity contribution in [2.24, 2.45) is 9.98 Å². The van der Waals surface area contributed by atoms with Crippen LogP contribution in [0.15, 0.2) is 76.7 Å². The highest BCUT2D eigenvalue weighted by atomic mass is 32.2. The van der Waals surface area contributed by atoms with Crippen molar-refractivity contribution in [1.29, 1.82) is 0 Å². The van der Waals surface area contributed by atoms with Crippen LogP contribution in [0.1, 0.15) is 28.7 Å². The fourth-order valence-electron chi connectivity index (χ4n) is 4.36. The van der Waals surface area contributed by atoms with Gasteiger partial charge in [0.1, 0.15) is 11.9 Å². The summed E-state index contributed by atoms with van der Waals surface area (Å²) in [6.07, 6.45) is -0.0402. The molecule has 3 aliphatic rings. The molecule has 1 atom stereocenters. The number of carbonyl (C=O) groups is 2. The first-order valence-corrected chi connectivity index (χ1v) is 13.0.